The molecule has 2 aromatic rings. The SMILES string of the molecule is CS(=O)(=O)c1ccccc1NC(=O)C(=O)NCCCn1cncn1. The number of aryl methyl sites for hydroxylation is 1. The van der Waals surface area contributed by atoms with Crippen molar-refractivity contribution in [2.24, 2.45) is 0 Å². The summed E-state index contributed by atoms with van der Waals surface area (Å²) in [6, 6.07) is 5.89. The van der Waals surface area contributed by atoms with Crippen LogP contribution in [-0.2, 0) is 26.0 Å². The second kappa shape index (κ2) is 7.68. The summed E-state index contributed by atoms with van der Waals surface area (Å²) >= 11 is 0. The summed E-state index contributed by atoms with van der Waals surface area (Å²) in [4.78, 5) is 27.4. The molecule has 0 aliphatic rings. The number of carbonyl (C=O) groups is 2. The number of aromatic nitrogens is 3. The molecule has 0 aliphatic carbocycles. The number of hydrogen-bond acceptors (Lipinski definition) is 6. The van der Waals surface area contributed by atoms with Gasteiger partial charge >= 0.3 is 11.8 Å². The van der Waals surface area contributed by atoms with Crippen molar-refractivity contribution in [2.75, 3.05) is 18.1 Å². The van der Waals surface area contributed by atoms with Crippen LogP contribution in [0.1, 0.15) is 6.42 Å². The second-order valence-electron chi connectivity index (χ2n) is 4.99. The van der Waals surface area contributed by atoms with Gasteiger partial charge in [-0.15, -0.1) is 0 Å². The lowest BCUT2D eigenvalue weighted by atomic mass is 10.3. The van der Waals surface area contributed by atoms with E-state index in [2.05, 4.69) is 20.7 Å². The number of carbonyl (C=O) groups excluding carboxylic acids is 2. The molecule has 2 amide bonds. The normalized spacial score (nSPS) is 11.0. The minimum atomic E-state index is -3.51. The van der Waals surface area contributed by atoms with E-state index in [1.54, 1.807) is 17.1 Å². The summed E-state index contributed by atoms with van der Waals surface area (Å²) in [7, 11) is -3.51. The largest absolute Gasteiger partial charge is 0.348 e. The van der Waals surface area contributed by atoms with Gasteiger partial charge in [0.2, 0.25) is 0 Å². The van der Waals surface area contributed by atoms with Crippen LogP contribution in [0.2, 0.25) is 0 Å². The maximum Gasteiger partial charge on any atom is 0.313 e. The molecular weight excluding hydrogens is 334 g/mol. The van der Waals surface area contributed by atoms with Gasteiger partial charge in [0, 0.05) is 19.3 Å². The van der Waals surface area contributed by atoms with Gasteiger partial charge < -0.3 is 10.6 Å². The Kier molecular flexibility index (Phi) is 5.64. The lowest BCUT2D eigenvalue weighted by Gasteiger charge is -2.09. The Labute approximate surface area is 139 Å². The van der Waals surface area contributed by atoms with E-state index in [4.69, 9.17) is 0 Å². The van der Waals surface area contributed by atoms with E-state index in [1.807, 2.05) is 0 Å². The maximum atomic E-state index is 11.9. The third kappa shape index (κ3) is 4.88. The topological polar surface area (TPSA) is 123 Å². The molecule has 1 aromatic heterocycles. The number of nitrogens with one attached hydrogen (secondary N) is 2. The Morgan fingerprint density at radius 3 is 2.62 bits per heavy atom. The fourth-order valence-electron chi connectivity index (χ4n) is 1.94. The van der Waals surface area contributed by atoms with E-state index in [9.17, 15) is 18.0 Å². The Hall–Kier alpha value is -2.75. The zero-order valence-corrected chi connectivity index (χ0v) is 13.8. The zero-order chi connectivity index (χ0) is 17.6. The smallest absolute Gasteiger partial charge is 0.313 e. The van der Waals surface area contributed by atoms with Crippen molar-refractivity contribution >= 4 is 27.3 Å². The molecule has 0 aliphatic heterocycles. The quantitative estimate of drug-likeness (QED) is 0.550. The molecule has 2 N–H and O–H groups in total. The van der Waals surface area contributed by atoms with Gasteiger partial charge in [-0.25, -0.2) is 13.4 Å². The van der Waals surface area contributed by atoms with E-state index in [1.165, 1.54) is 24.5 Å². The molecule has 9 nitrogen and oxygen atoms in total. The first-order valence-electron chi connectivity index (χ1n) is 7.08. The maximum absolute atomic E-state index is 11.9. The molecular formula is C14H17N5O4S. The first-order valence-corrected chi connectivity index (χ1v) is 8.98. The van der Waals surface area contributed by atoms with Crippen LogP contribution in [0.3, 0.4) is 0 Å². The van der Waals surface area contributed by atoms with E-state index in [0.717, 1.165) is 6.26 Å². The summed E-state index contributed by atoms with van der Waals surface area (Å²) < 4.78 is 24.9. The van der Waals surface area contributed by atoms with Gasteiger partial charge in [0.15, 0.2) is 9.84 Å². The molecule has 0 saturated heterocycles. The average molecular weight is 351 g/mol. The summed E-state index contributed by atoms with van der Waals surface area (Å²) in [5.74, 6) is -1.76. The number of amides is 2. The van der Waals surface area contributed by atoms with Crippen molar-refractivity contribution in [3.8, 4) is 0 Å². The van der Waals surface area contributed by atoms with Crippen LogP contribution in [0.5, 0.6) is 0 Å². The summed E-state index contributed by atoms with van der Waals surface area (Å²) in [6.07, 6.45) is 4.56. The average Bonchev–Trinajstić information content (AvgIpc) is 3.04. The molecule has 0 fully saturated rings. The predicted molar refractivity (Wildman–Crippen MR) is 85.8 cm³/mol. The molecule has 0 radical (unpaired) electrons. The van der Waals surface area contributed by atoms with Crippen molar-refractivity contribution in [3.63, 3.8) is 0 Å². The summed E-state index contributed by atoms with van der Waals surface area (Å²) in [5.41, 5.74) is 0.0720. The molecule has 0 spiro atoms. The first kappa shape index (κ1) is 17.6. The van der Waals surface area contributed by atoms with Crippen molar-refractivity contribution < 1.29 is 18.0 Å². The van der Waals surface area contributed by atoms with Crippen LogP contribution >= 0.6 is 0 Å². The minimum absolute atomic E-state index is 0.0441. The minimum Gasteiger partial charge on any atom is -0.348 e. The van der Waals surface area contributed by atoms with Gasteiger partial charge in [0.25, 0.3) is 0 Å². The molecule has 24 heavy (non-hydrogen) atoms. The van der Waals surface area contributed by atoms with E-state index >= 15 is 0 Å². The second-order valence-corrected chi connectivity index (χ2v) is 6.97. The Balaban J connectivity index is 1.87. The molecule has 2 rings (SSSR count). The van der Waals surface area contributed by atoms with Gasteiger partial charge in [-0.05, 0) is 18.6 Å². The third-order valence-corrected chi connectivity index (χ3v) is 4.21. The summed E-state index contributed by atoms with van der Waals surface area (Å²) in [5, 5.41) is 8.69. The Bertz CT molecular complexity index is 817. The van der Waals surface area contributed by atoms with Crippen LogP contribution in [0.4, 0.5) is 5.69 Å². The molecule has 0 saturated carbocycles. The van der Waals surface area contributed by atoms with Crippen molar-refractivity contribution in [3.05, 3.63) is 36.9 Å². The molecule has 1 heterocycles. The Morgan fingerprint density at radius 1 is 1.21 bits per heavy atom. The van der Waals surface area contributed by atoms with Crippen molar-refractivity contribution in [1.82, 2.24) is 20.1 Å². The van der Waals surface area contributed by atoms with Gasteiger partial charge in [0.05, 0.1) is 10.6 Å². The Morgan fingerprint density at radius 2 is 1.96 bits per heavy atom. The number of benzene rings is 1. The van der Waals surface area contributed by atoms with Crippen LogP contribution in [-0.4, -0.2) is 47.8 Å². The van der Waals surface area contributed by atoms with Crippen LogP contribution in [0, 0.1) is 0 Å². The number of hydrogen-bond donors (Lipinski definition) is 2. The van der Waals surface area contributed by atoms with Crippen LogP contribution < -0.4 is 10.6 Å². The highest BCUT2D eigenvalue weighted by Gasteiger charge is 2.18. The molecule has 128 valence electrons. The van der Waals surface area contributed by atoms with Gasteiger partial charge in [-0.3, -0.25) is 14.3 Å². The monoisotopic (exact) mass is 351 g/mol. The van der Waals surface area contributed by atoms with E-state index < -0.39 is 21.7 Å². The van der Waals surface area contributed by atoms with Crippen molar-refractivity contribution in [1.29, 1.82) is 0 Å². The molecule has 0 bridgehead atoms. The number of anilines is 1. The van der Waals surface area contributed by atoms with Crippen LogP contribution in [0.25, 0.3) is 0 Å². The van der Waals surface area contributed by atoms with Gasteiger partial charge in [-0.1, -0.05) is 12.1 Å². The molecule has 0 unspecified atom stereocenters. The number of sulfone groups is 1. The first-order chi connectivity index (χ1) is 11.4. The van der Waals surface area contributed by atoms with Crippen LogP contribution in [0.15, 0.2) is 41.8 Å². The van der Waals surface area contributed by atoms with Crippen molar-refractivity contribution in [2.45, 2.75) is 17.9 Å². The molecule has 0 atom stereocenters. The molecule has 1 aromatic carbocycles. The fourth-order valence-corrected chi connectivity index (χ4v) is 2.79. The highest BCUT2D eigenvalue weighted by Crippen LogP contribution is 2.20. The zero-order valence-electron chi connectivity index (χ0n) is 13.0. The highest BCUT2D eigenvalue weighted by molar-refractivity contribution is 7.90. The number of nitrogens with zero attached hydrogens (tertiary/aromatic N) is 3. The highest BCUT2D eigenvalue weighted by atomic mass is 32.2. The number of rotatable bonds is 6. The van der Waals surface area contributed by atoms with Gasteiger partial charge in [-0.2, -0.15) is 5.10 Å². The number of para-hydroxylation sites is 1. The predicted octanol–water partition coefficient (Wildman–Crippen LogP) is -0.173. The lowest BCUT2D eigenvalue weighted by molar-refractivity contribution is -0.136. The standard InChI is InChI=1S/C14H17N5O4S/c1-24(22,23)12-6-3-2-5-11(12)18-14(21)13(20)16-7-4-8-19-10-15-9-17-19/h2-3,5-6,9-10H,4,7-8H2,1H3,(H,16,20)(H,18,21). The van der Waals surface area contributed by atoms with Gasteiger partial charge in [0.1, 0.15) is 12.7 Å². The third-order valence-electron chi connectivity index (χ3n) is 3.06. The van der Waals surface area contributed by atoms with E-state index in [-0.39, 0.29) is 17.1 Å². The summed E-state index contributed by atoms with van der Waals surface area (Å²) in [6.45, 7) is 0.832. The lowest BCUT2D eigenvalue weighted by Crippen LogP contribution is -2.36. The molecule has 10 heteroatoms. The fraction of sp³-hybridized carbons (Fsp3) is 0.286. The van der Waals surface area contributed by atoms with E-state index in [0.29, 0.717) is 13.0 Å².